The zero-order chi connectivity index (χ0) is 16.6. The Morgan fingerprint density at radius 3 is 1.41 bits per heavy atom. The van der Waals surface area contributed by atoms with E-state index >= 15 is 0 Å². The summed E-state index contributed by atoms with van der Waals surface area (Å²) in [7, 11) is 0. The van der Waals surface area contributed by atoms with Crippen molar-refractivity contribution in [2.45, 2.75) is 96.8 Å². The van der Waals surface area contributed by atoms with Crippen molar-refractivity contribution in [3.05, 3.63) is 0 Å². The van der Waals surface area contributed by atoms with E-state index in [1.54, 1.807) is 0 Å². The van der Waals surface area contributed by atoms with Crippen LogP contribution in [0.1, 0.15) is 96.8 Å². The van der Waals surface area contributed by atoms with Gasteiger partial charge in [-0.1, -0.05) is 58.3 Å². The summed E-state index contributed by atoms with van der Waals surface area (Å²) in [6.45, 7) is 2.21. The van der Waals surface area contributed by atoms with Gasteiger partial charge in [-0.2, -0.15) is 0 Å². The highest BCUT2D eigenvalue weighted by atomic mass is 16.4. The molecule has 1 N–H and O–H groups in total. The Balaban J connectivity index is 3.40. The Morgan fingerprint density at radius 1 is 0.591 bits per heavy atom. The molecule has 0 atom stereocenters. The summed E-state index contributed by atoms with van der Waals surface area (Å²) in [5, 5.41) is 8.48. The number of hydrogen-bond donors (Lipinski definition) is 1. The van der Waals surface area contributed by atoms with E-state index in [0.29, 0.717) is 19.3 Å². The third-order valence-electron chi connectivity index (χ3n) is 3.86. The van der Waals surface area contributed by atoms with E-state index in [4.69, 9.17) is 5.11 Å². The first-order chi connectivity index (χ1) is 10.6. The summed E-state index contributed by atoms with van der Waals surface area (Å²) in [6, 6.07) is 0. The number of hydrogen-bond acceptors (Lipinski definition) is 3. The molecule has 0 aromatic carbocycles. The van der Waals surface area contributed by atoms with Gasteiger partial charge < -0.3 is 5.11 Å². The van der Waals surface area contributed by atoms with Crippen molar-refractivity contribution < 1.29 is 19.5 Å². The number of Topliss-reactive ketones (excluding diaryl/α,β-unsaturated/α-hetero) is 2. The molecule has 0 unspecified atom stereocenters. The lowest BCUT2D eigenvalue weighted by Gasteiger charge is -2.02. The van der Waals surface area contributed by atoms with Gasteiger partial charge in [-0.15, -0.1) is 0 Å². The van der Waals surface area contributed by atoms with Crippen LogP contribution < -0.4 is 0 Å². The molecule has 0 aliphatic carbocycles. The number of carboxylic acids is 1. The highest BCUT2D eigenvalue weighted by Gasteiger charge is 2.12. The van der Waals surface area contributed by atoms with Gasteiger partial charge in [-0.3, -0.25) is 14.4 Å². The maximum Gasteiger partial charge on any atom is 0.303 e. The molecule has 4 heteroatoms. The first kappa shape index (κ1) is 20.8. The Bertz CT molecular complexity index is 323. The summed E-state index contributed by atoms with van der Waals surface area (Å²) in [6.07, 6.45) is 12.3. The predicted octanol–water partition coefficient (Wildman–Crippen LogP) is 4.69. The van der Waals surface area contributed by atoms with Crippen LogP contribution in [-0.2, 0) is 14.4 Å². The molecular formula is C18H32O4. The Morgan fingerprint density at radius 2 is 0.955 bits per heavy atom. The summed E-state index contributed by atoms with van der Waals surface area (Å²) in [5.74, 6) is -1.46. The number of carbonyl (C=O) groups excluding carboxylic acids is 2. The van der Waals surface area contributed by atoms with Crippen LogP contribution in [0, 0.1) is 0 Å². The normalized spacial score (nSPS) is 10.6. The predicted molar refractivity (Wildman–Crippen MR) is 88.0 cm³/mol. The smallest absolute Gasteiger partial charge is 0.303 e. The number of ketones is 2. The van der Waals surface area contributed by atoms with E-state index < -0.39 is 5.97 Å². The first-order valence-corrected chi connectivity index (χ1v) is 8.85. The molecule has 0 spiro atoms. The molecule has 0 bridgehead atoms. The van der Waals surface area contributed by atoms with Crippen LogP contribution in [0.4, 0.5) is 0 Å². The largest absolute Gasteiger partial charge is 0.481 e. The third kappa shape index (κ3) is 13.8. The van der Waals surface area contributed by atoms with Gasteiger partial charge in [-0.05, 0) is 19.3 Å². The minimum Gasteiger partial charge on any atom is -0.481 e. The average molecular weight is 312 g/mol. The lowest BCUT2D eigenvalue weighted by molar-refractivity contribution is -0.137. The Labute approximate surface area is 134 Å². The van der Waals surface area contributed by atoms with Crippen molar-refractivity contribution in [2.24, 2.45) is 0 Å². The molecule has 128 valence electrons. The van der Waals surface area contributed by atoms with Gasteiger partial charge in [0.2, 0.25) is 0 Å². The lowest BCUT2D eigenvalue weighted by Crippen LogP contribution is -2.13. The second kappa shape index (κ2) is 14.7. The standard InChI is InChI=1S/C18H32O4/c1-2-3-4-5-6-7-8-9-10-13-16(19)17(20)14-11-12-15-18(21)22/h2-15H2,1H3,(H,21,22). The van der Waals surface area contributed by atoms with Crippen LogP contribution in [0.3, 0.4) is 0 Å². The maximum absolute atomic E-state index is 11.6. The van der Waals surface area contributed by atoms with Crippen molar-refractivity contribution in [2.75, 3.05) is 0 Å². The van der Waals surface area contributed by atoms with Crippen LogP contribution >= 0.6 is 0 Å². The molecule has 0 aliphatic rings. The van der Waals surface area contributed by atoms with E-state index in [2.05, 4.69) is 6.92 Å². The fourth-order valence-electron chi connectivity index (χ4n) is 2.44. The molecule has 0 rings (SSSR count). The van der Waals surface area contributed by atoms with Crippen molar-refractivity contribution in [1.82, 2.24) is 0 Å². The van der Waals surface area contributed by atoms with E-state index in [1.165, 1.54) is 38.5 Å². The minimum atomic E-state index is -0.853. The SMILES string of the molecule is CCCCCCCCCCCC(=O)C(=O)CCCCC(=O)O. The van der Waals surface area contributed by atoms with Crippen LogP contribution in [0.2, 0.25) is 0 Å². The molecule has 0 amide bonds. The molecule has 0 aromatic rings. The van der Waals surface area contributed by atoms with Gasteiger partial charge in [-0.25, -0.2) is 0 Å². The van der Waals surface area contributed by atoms with E-state index in [1.807, 2.05) is 0 Å². The van der Waals surface area contributed by atoms with Gasteiger partial charge in [0.05, 0.1) is 0 Å². The van der Waals surface area contributed by atoms with Crippen molar-refractivity contribution in [3.8, 4) is 0 Å². The third-order valence-corrected chi connectivity index (χ3v) is 3.86. The van der Waals surface area contributed by atoms with Crippen LogP contribution in [-0.4, -0.2) is 22.6 Å². The van der Waals surface area contributed by atoms with Gasteiger partial charge in [0.25, 0.3) is 0 Å². The Kier molecular flexibility index (Phi) is 13.9. The average Bonchev–Trinajstić information content (AvgIpc) is 2.49. The number of aliphatic carboxylic acids is 1. The van der Waals surface area contributed by atoms with Gasteiger partial charge in [0, 0.05) is 19.3 Å². The molecule has 22 heavy (non-hydrogen) atoms. The summed E-state index contributed by atoms with van der Waals surface area (Å²) < 4.78 is 0. The monoisotopic (exact) mass is 312 g/mol. The zero-order valence-electron chi connectivity index (χ0n) is 14.1. The summed E-state index contributed by atoms with van der Waals surface area (Å²) in [4.78, 5) is 33.5. The molecule has 0 aromatic heterocycles. The quantitative estimate of drug-likeness (QED) is 0.331. The lowest BCUT2D eigenvalue weighted by atomic mass is 10.0. The van der Waals surface area contributed by atoms with Gasteiger partial charge >= 0.3 is 5.97 Å². The fourth-order valence-corrected chi connectivity index (χ4v) is 2.44. The molecule has 0 radical (unpaired) electrons. The molecule has 0 saturated heterocycles. The molecule has 0 saturated carbocycles. The topological polar surface area (TPSA) is 71.4 Å². The highest BCUT2D eigenvalue weighted by molar-refractivity contribution is 6.37. The summed E-state index contributed by atoms with van der Waals surface area (Å²) in [5.41, 5.74) is 0. The second-order valence-electron chi connectivity index (χ2n) is 6.03. The fraction of sp³-hybridized carbons (Fsp3) is 0.833. The molecule has 0 heterocycles. The van der Waals surface area contributed by atoms with Crippen molar-refractivity contribution in [1.29, 1.82) is 0 Å². The second-order valence-corrected chi connectivity index (χ2v) is 6.03. The Hall–Kier alpha value is -1.19. The number of carboxylic acid groups (broad SMARTS) is 1. The van der Waals surface area contributed by atoms with Crippen molar-refractivity contribution in [3.63, 3.8) is 0 Å². The number of unbranched alkanes of at least 4 members (excludes halogenated alkanes) is 9. The molecule has 4 nitrogen and oxygen atoms in total. The first-order valence-electron chi connectivity index (χ1n) is 8.85. The van der Waals surface area contributed by atoms with Crippen molar-refractivity contribution >= 4 is 17.5 Å². The highest BCUT2D eigenvalue weighted by Crippen LogP contribution is 2.11. The molecular weight excluding hydrogens is 280 g/mol. The van der Waals surface area contributed by atoms with Crippen LogP contribution in [0.15, 0.2) is 0 Å². The van der Waals surface area contributed by atoms with E-state index in [-0.39, 0.29) is 24.4 Å². The number of rotatable bonds is 16. The zero-order valence-corrected chi connectivity index (χ0v) is 14.1. The van der Waals surface area contributed by atoms with E-state index in [0.717, 1.165) is 19.3 Å². The van der Waals surface area contributed by atoms with Crippen LogP contribution in [0.25, 0.3) is 0 Å². The minimum absolute atomic E-state index is 0.0692. The van der Waals surface area contributed by atoms with Gasteiger partial charge in [0.15, 0.2) is 11.6 Å². The molecule has 0 fully saturated rings. The van der Waals surface area contributed by atoms with Crippen LogP contribution in [0.5, 0.6) is 0 Å². The van der Waals surface area contributed by atoms with Gasteiger partial charge in [0.1, 0.15) is 0 Å². The van der Waals surface area contributed by atoms with E-state index in [9.17, 15) is 14.4 Å². The molecule has 0 aliphatic heterocycles. The number of carbonyl (C=O) groups is 3. The maximum atomic E-state index is 11.6. The summed E-state index contributed by atoms with van der Waals surface area (Å²) >= 11 is 0.